The van der Waals surface area contributed by atoms with E-state index in [1.54, 1.807) is 26.2 Å². The Morgan fingerprint density at radius 2 is 2.30 bits per heavy atom. The highest BCUT2D eigenvalue weighted by molar-refractivity contribution is 8.10. The van der Waals surface area contributed by atoms with Gasteiger partial charge in [-0.15, -0.1) is 11.8 Å². The van der Waals surface area contributed by atoms with Crippen molar-refractivity contribution in [3.8, 4) is 0 Å². The van der Waals surface area contributed by atoms with Gasteiger partial charge in [0, 0.05) is 17.3 Å². The van der Waals surface area contributed by atoms with E-state index < -0.39 is 5.60 Å². The molecule has 2 N–H and O–H groups in total. The van der Waals surface area contributed by atoms with Crippen LogP contribution in [0.4, 0.5) is 0 Å². The summed E-state index contributed by atoms with van der Waals surface area (Å²) >= 11 is 1.46. The molecular weight excluding hydrogens is 314 g/mol. The molecule has 1 unspecified atom stereocenters. The summed E-state index contributed by atoms with van der Waals surface area (Å²) in [4.78, 5) is 17.7. The molecule has 4 heterocycles. The number of nitrogens with zero attached hydrogens (tertiary/aromatic N) is 2. The highest BCUT2D eigenvalue weighted by Crippen LogP contribution is 2.52. The molecule has 0 bridgehead atoms. The summed E-state index contributed by atoms with van der Waals surface area (Å²) in [6.45, 7) is 3.92. The van der Waals surface area contributed by atoms with Crippen LogP contribution >= 0.6 is 11.8 Å². The lowest BCUT2D eigenvalue weighted by Gasteiger charge is -2.28. The first-order valence-corrected chi connectivity index (χ1v) is 8.47. The van der Waals surface area contributed by atoms with Crippen LogP contribution in [-0.2, 0) is 9.53 Å². The van der Waals surface area contributed by atoms with Gasteiger partial charge in [0.05, 0.1) is 23.4 Å². The summed E-state index contributed by atoms with van der Waals surface area (Å²) in [5.41, 5.74) is 2.08. The average Bonchev–Trinajstić information content (AvgIpc) is 3.07. The molecule has 6 nitrogen and oxygen atoms in total. The minimum Gasteiger partial charge on any atom is -0.492 e. The Hall–Kier alpha value is -1.86. The number of ether oxygens (including phenoxy) is 1. The fourth-order valence-corrected chi connectivity index (χ4v) is 4.48. The number of aliphatic hydroxyl groups is 1. The van der Waals surface area contributed by atoms with E-state index in [2.05, 4.69) is 15.2 Å². The number of rotatable bonds is 2. The van der Waals surface area contributed by atoms with Gasteiger partial charge in [-0.3, -0.25) is 9.89 Å². The monoisotopic (exact) mass is 331 g/mol. The summed E-state index contributed by atoms with van der Waals surface area (Å²) in [5.74, 6) is 0.520. The minimum absolute atomic E-state index is 0.229. The van der Waals surface area contributed by atoms with Gasteiger partial charge in [0.15, 0.2) is 0 Å². The Balaban J connectivity index is 1.93. The fourth-order valence-electron chi connectivity index (χ4n) is 3.20. The SMILES string of the molecule is CC(C)(O)C1=NC(=O)C2SC(c3cn[nH]c3)=C3OCCCC1=C32. The number of dihydropyridines is 1. The molecule has 1 aromatic heterocycles. The topological polar surface area (TPSA) is 87.6 Å². The number of aliphatic imine (C=N–C) groups is 1. The van der Waals surface area contributed by atoms with Gasteiger partial charge in [0.25, 0.3) is 5.91 Å². The minimum atomic E-state index is -1.15. The predicted molar refractivity (Wildman–Crippen MR) is 87.8 cm³/mol. The van der Waals surface area contributed by atoms with E-state index in [0.717, 1.165) is 40.2 Å². The van der Waals surface area contributed by atoms with Crippen molar-refractivity contribution in [2.75, 3.05) is 6.61 Å². The zero-order chi connectivity index (χ0) is 16.2. The van der Waals surface area contributed by atoms with Gasteiger partial charge in [-0.25, -0.2) is 4.99 Å². The van der Waals surface area contributed by atoms with Crippen LogP contribution in [0, 0.1) is 0 Å². The predicted octanol–water partition coefficient (Wildman–Crippen LogP) is 2.05. The van der Waals surface area contributed by atoms with Crippen molar-refractivity contribution in [1.29, 1.82) is 0 Å². The molecule has 1 amide bonds. The highest BCUT2D eigenvalue weighted by Gasteiger charge is 2.45. The Bertz CT molecular complexity index is 769. The quantitative estimate of drug-likeness (QED) is 0.866. The molecule has 0 aliphatic carbocycles. The number of aromatic nitrogens is 2. The number of thioether (sulfide) groups is 1. The second-order valence-corrected chi connectivity index (χ2v) is 7.46. The van der Waals surface area contributed by atoms with Crippen molar-refractivity contribution in [3.05, 3.63) is 34.9 Å². The first-order valence-electron chi connectivity index (χ1n) is 7.59. The molecule has 1 atom stereocenters. The van der Waals surface area contributed by atoms with Crippen LogP contribution in [0.25, 0.3) is 4.91 Å². The molecular formula is C16H17N3O3S. The molecule has 0 radical (unpaired) electrons. The summed E-state index contributed by atoms with van der Waals surface area (Å²) in [5, 5.41) is 16.8. The summed E-state index contributed by atoms with van der Waals surface area (Å²) in [6.07, 6.45) is 5.11. The second kappa shape index (κ2) is 5.07. The second-order valence-electron chi connectivity index (χ2n) is 6.35. The molecule has 7 heteroatoms. The number of hydrogen-bond acceptors (Lipinski definition) is 5. The molecule has 0 aromatic carbocycles. The van der Waals surface area contributed by atoms with Crippen molar-refractivity contribution in [1.82, 2.24) is 10.2 Å². The Labute approximate surface area is 137 Å². The number of nitrogens with one attached hydrogen (secondary N) is 1. The maximum absolute atomic E-state index is 12.5. The molecule has 0 spiro atoms. The molecule has 1 aromatic rings. The van der Waals surface area contributed by atoms with E-state index in [4.69, 9.17) is 4.74 Å². The number of carbonyl (C=O) groups excluding carboxylic acids is 1. The van der Waals surface area contributed by atoms with Crippen LogP contribution in [0.15, 0.2) is 34.3 Å². The van der Waals surface area contributed by atoms with E-state index in [0.29, 0.717) is 12.3 Å². The van der Waals surface area contributed by atoms with E-state index in [1.165, 1.54) is 11.8 Å². The van der Waals surface area contributed by atoms with Crippen molar-refractivity contribution in [2.45, 2.75) is 37.5 Å². The first kappa shape index (κ1) is 14.7. The fraction of sp³-hybridized carbons (Fsp3) is 0.438. The molecule has 23 heavy (non-hydrogen) atoms. The van der Waals surface area contributed by atoms with Crippen LogP contribution in [-0.4, -0.2) is 44.4 Å². The van der Waals surface area contributed by atoms with Crippen LogP contribution < -0.4 is 0 Å². The molecule has 4 rings (SSSR count). The van der Waals surface area contributed by atoms with Crippen LogP contribution in [0.1, 0.15) is 32.3 Å². The number of H-pyrrole nitrogens is 1. The summed E-state index contributed by atoms with van der Waals surface area (Å²) in [7, 11) is 0. The zero-order valence-corrected chi connectivity index (χ0v) is 13.7. The number of carbonyl (C=O) groups is 1. The summed E-state index contributed by atoms with van der Waals surface area (Å²) < 4.78 is 5.98. The molecule has 3 aliphatic heterocycles. The maximum Gasteiger partial charge on any atom is 0.264 e. The number of aromatic amines is 1. The van der Waals surface area contributed by atoms with Crippen molar-refractivity contribution >= 4 is 28.3 Å². The van der Waals surface area contributed by atoms with Gasteiger partial charge >= 0.3 is 0 Å². The van der Waals surface area contributed by atoms with Crippen molar-refractivity contribution in [3.63, 3.8) is 0 Å². The summed E-state index contributed by atoms with van der Waals surface area (Å²) in [6, 6.07) is 0. The van der Waals surface area contributed by atoms with E-state index >= 15 is 0 Å². The van der Waals surface area contributed by atoms with Crippen LogP contribution in [0.2, 0.25) is 0 Å². The third-order valence-corrected chi connectivity index (χ3v) is 5.49. The smallest absolute Gasteiger partial charge is 0.264 e. The van der Waals surface area contributed by atoms with E-state index in [1.807, 2.05) is 0 Å². The lowest BCUT2D eigenvalue weighted by molar-refractivity contribution is -0.116. The molecule has 120 valence electrons. The van der Waals surface area contributed by atoms with Crippen LogP contribution in [0.3, 0.4) is 0 Å². The molecule has 0 saturated carbocycles. The maximum atomic E-state index is 12.5. The molecule has 0 saturated heterocycles. The molecule has 3 aliphatic rings. The first-order chi connectivity index (χ1) is 11.0. The van der Waals surface area contributed by atoms with Gasteiger partial charge < -0.3 is 9.84 Å². The van der Waals surface area contributed by atoms with Gasteiger partial charge in [-0.1, -0.05) is 0 Å². The largest absolute Gasteiger partial charge is 0.492 e. The number of amides is 1. The van der Waals surface area contributed by atoms with Gasteiger partial charge in [-0.05, 0) is 32.3 Å². The van der Waals surface area contributed by atoms with Gasteiger partial charge in [0.1, 0.15) is 16.6 Å². The van der Waals surface area contributed by atoms with Gasteiger partial charge in [0.2, 0.25) is 0 Å². The standard InChI is InChI=1S/C16H17N3O3S/c1-16(2,21)14-9-4-3-5-22-11-10(9)13(15(20)19-14)23-12(11)8-6-17-18-7-8/h6-7,13,21H,3-5H2,1-2H3,(H,17,18). The van der Waals surface area contributed by atoms with E-state index in [-0.39, 0.29) is 11.2 Å². The Morgan fingerprint density at radius 3 is 3.00 bits per heavy atom. The Morgan fingerprint density at radius 1 is 1.48 bits per heavy atom. The average molecular weight is 331 g/mol. The van der Waals surface area contributed by atoms with Crippen LogP contribution in [0.5, 0.6) is 0 Å². The normalized spacial score (nSPS) is 24.4. The Kier molecular flexibility index (Phi) is 3.24. The zero-order valence-electron chi connectivity index (χ0n) is 12.9. The lowest BCUT2D eigenvalue weighted by Crippen LogP contribution is -2.38. The van der Waals surface area contributed by atoms with Crippen molar-refractivity contribution < 1.29 is 14.6 Å². The van der Waals surface area contributed by atoms with Gasteiger partial charge in [-0.2, -0.15) is 5.10 Å². The number of allylic oxidation sites excluding steroid dienone is 1. The lowest BCUT2D eigenvalue weighted by atomic mass is 9.85. The molecule has 0 fully saturated rings. The number of hydrogen-bond donors (Lipinski definition) is 2. The van der Waals surface area contributed by atoms with Crippen molar-refractivity contribution in [2.24, 2.45) is 4.99 Å². The third kappa shape index (κ3) is 2.26. The third-order valence-electron chi connectivity index (χ3n) is 4.16. The highest BCUT2D eigenvalue weighted by atomic mass is 32.2. The van der Waals surface area contributed by atoms with E-state index in [9.17, 15) is 9.90 Å².